The molecule has 0 N–H and O–H groups in total. The standard InChI is InChI=1S/C13H17BrClNO/c1-13(2)9-16(6-7-17-13)8-10-4-3-5-11(14)12(10)15/h3-5H,6-9H2,1-2H3. The SMILES string of the molecule is CC1(C)CN(Cc2cccc(Br)c2Cl)CCO1. The van der Waals surface area contributed by atoms with Crippen LogP contribution >= 0.6 is 27.5 Å². The van der Waals surface area contributed by atoms with E-state index in [0.717, 1.165) is 35.7 Å². The van der Waals surface area contributed by atoms with Crippen LogP contribution in [0.1, 0.15) is 19.4 Å². The maximum absolute atomic E-state index is 6.28. The fourth-order valence-corrected chi connectivity index (χ4v) is 2.75. The zero-order valence-corrected chi connectivity index (χ0v) is 12.5. The lowest BCUT2D eigenvalue weighted by Gasteiger charge is -2.38. The zero-order chi connectivity index (χ0) is 12.5. The topological polar surface area (TPSA) is 12.5 Å². The van der Waals surface area contributed by atoms with Gasteiger partial charge in [0.2, 0.25) is 0 Å². The molecule has 4 heteroatoms. The van der Waals surface area contributed by atoms with Gasteiger partial charge in [-0.15, -0.1) is 0 Å². The summed E-state index contributed by atoms with van der Waals surface area (Å²) in [4.78, 5) is 2.39. The van der Waals surface area contributed by atoms with Crippen LogP contribution in [0.5, 0.6) is 0 Å². The molecule has 0 spiro atoms. The van der Waals surface area contributed by atoms with Gasteiger partial charge in [0.05, 0.1) is 17.2 Å². The molecule has 2 rings (SSSR count). The van der Waals surface area contributed by atoms with Crippen molar-refractivity contribution < 1.29 is 4.74 Å². The predicted octanol–water partition coefficient (Wildman–Crippen LogP) is 3.71. The van der Waals surface area contributed by atoms with Gasteiger partial charge in [-0.1, -0.05) is 23.7 Å². The second-order valence-electron chi connectivity index (χ2n) is 5.03. The molecule has 1 aliphatic heterocycles. The second kappa shape index (κ2) is 5.27. The quantitative estimate of drug-likeness (QED) is 0.824. The van der Waals surface area contributed by atoms with E-state index in [0.29, 0.717) is 0 Å². The minimum absolute atomic E-state index is 0.0588. The summed E-state index contributed by atoms with van der Waals surface area (Å²) in [5, 5.41) is 0.816. The van der Waals surface area contributed by atoms with E-state index in [1.165, 1.54) is 5.56 Å². The molecule has 1 fully saturated rings. The minimum Gasteiger partial charge on any atom is -0.373 e. The number of rotatable bonds is 2. The maximum Gasteiger partial charge on any atom is 0.0753 e. The Balaban J connectivity index is 2.08. The minimum atomic E-state index is -0.0588. The molecule has 0 radical (unpaired) electrons. The van der Waals surface area contributed by atoms with Crippen molar-refractivity contribution in [1.82, 2.24) is 4.90 Å². The summed E-state index contributed by atoms with van der Waals surface area (Å²) in [6.45, 7) is 7.83. The first-order valence-corrected chi connectivity index (χ1v) is 6.94. The van der Waals surface area contributed by atoms with Crippen LogP contribution in [-0.2, 0) is 11.3 Å². The van der Waals surface area contributed by atoms with Crippen LogP contribution in [0.25, 0.3) is 0 Å². The third-order valence-electron chi connectivity index (χ3n) is 2.93. The third-order valence-corrected chi connectivity index (χ3v) is 4.27. The summed E-state index contributed by atoms with van der Waals surface area (Å²) < 4.78 is 6.67. The monoisotopic (exact) mass is 317 g/mol. The van der Waals surface area contributed by atoms with E-state index in [1.54, 1.807) is 0 Å². The van der Waals surface area contributed by atoms with Crippen LogP contribution in [-0.4, -0.2) is 30.2 Å². The Kier molecular flexibility index (Phi) is 4.14. The smallest absolute Gasteiger partial charge is 0.0753 e. The van der Waals surface area contributed by atoms with E-state index in [-0.39, 0.29) is 5.60 Å². The summed E-state index contributed by atoms with van der Waals surface area (Å²) in [5.41, 5.74) is 1.11. The second-order valence-corrected chi connectivity index (χ2v) is 6.26. The number of hydrogen-bond acceptors (Lipinski definition) is 2. The number of nitrogens with zero attached hydrogens (tertiary/aromatic N) is 1. The average Bonchev–Trinajstić information content (AvgIpc) is 2.23. The molecule has 0 unspecified atom stereocenters. The van der Waals surface area contributed by atoms with E-state index in [1.807, 2.05) is 12.1 Å². The van der Waals surface area contributed by atoms with Gasteiger partial charge < -0.3 is 4.74 Å². The average molecular weight is 319 g/mol. The van der Waals surface area contributed by atoms with E-state index >= 15 is 0 Å². The fraction of sp³-hybridized carbons (Fsp3) is 0.538. The van der Waals surface area contributed by atoms with Crippen LogP contribution in [0.2, 0.25) is 5.02 Å². The molecule has 1 aromatic carbocycles. The van der Waals surface area contributed by atoms with Crippen LogP contribution in [0.3, 0.4) is 0 Å². The van der Waals surface area contributed by atoms with E-state index in [9.17, 15) is 0 Å². The number of ether oxygens (including phenoxy) is 1. The Morgan fingerprint density at radius 1 is 1.47 bits per heavy atom. The van der Waals surface area contributed by atoms with Crippen molar-refractivity contribution in [3.8, 4) is 0 Å². The summed E-state index contributed by atoms with van der Waals surface area (Å²) >= 11 is 9.74. The van der Waals surface area contributed by atoms with Gasteiger partial charge in [-0.3, -0.25) is 4.90 Å². The maximum atomic E-state index is 6.28. The van der Waals surface area contributed by atoms with Gasteiger partial charge in [-0.05, 0) is 41.4 Å². The molecular formula is C13H17BrClNO. The number of hydrogen-bond donors (Lipinski definition) is 0. The molecule has 94 valence electrons. The first-order valence-electron chi connectivity index (χ1n) is 5.77. The largest absolute Gasteiger partial charge is 0.373 e. The lowest BCUT2D eigenvalue weighted by Crippen LogP contribution is -2.47. The number of morpholine rings is 1. The molecule has 0 bridgehead atoms. The van der Waals surface area contributed by atoms with Crippen LogP contribution in [0.4, 0.5) is 0 Å². The Morgan fingerprint density at radius 2 is 2.24 bits per heavy atom. The lowest BCUT2D eigenvalue weighted by molar-refractivity contribution is -0.0882. The fourth-order valence-electron chi connectivity index (χ4n) is 2.16. The Bertz CT molecular complexity index is 408. The van der Waals surface area contributed by atoms with Crippen molar-refractivity contribution in [3.05, 3.63) is 33.3 Å². The van der Waals surface area contributed by atoms with Gasteiger partial charge in [0.1, 0.15) is 0 Å². The summed E-state index contributed by atoms with van der Waals surface area (Å²) in [5.74, 6) is 0. The van der Waals surface area contributed by atoms with Crippen molar-refractivity contribution in [3.63, 3.8) is 0 Å². The highest BCUT2D eigenvalue weighted by Gasteiger charge is 2.27. The van der Waals surface area contributed by atoms with Crippen LogP contribution < -0.4 is 0 Å². The molecule has 17 heavy (non-hydrogen) atoms. The zero-order valence-electron chi connectivity index (χ0n) is 10.2. The molecular weight excluding hydrogens is 302 g/mol. The van der Waals surface area contributed by atoms with Crippen molar-refractivity contribution in [1.29, 1.82) is 0 Å². The predicted molar refractivity (Wildman–Crippen MR) is 74.5 cm³/mol. The van der Waals surface area contributed by atoms with Crippen LogP contribution in [0, 0.1) is 0 Å². The molecule has 1 saturated heterocycles. The summed E-state index contributed by atoms with van der Waals surface area (Å²) in [6, 6.07) is 6.07. The molecule has 1 aliphatic rings. The van der Waals surface area contributed by atoms with Crippen molar-refractivity contribution in [2.24, 2.45) is 0 Å². The van der Waals surface area contributed by atoms with Gasteiger partial charge in [0, 0.05) is 24.1 Å². The Labute approximate surface area is 116 Å². The van der Waals surface area contributed by atoms with Gasteiger partial charge in [-0.2, -0.15) is 0 Å². The molecule has 1 heterocycles. The highest BCUT2D eigenvalue weighted by atomic mass is 79.9. The highest BCUT2D eigenvalue weighted by Crippen LogP contribution is 2.28. The molecule has 0 aromatic heterocycles. The first-order chi connectivity index (χ1) is 7.98. The van der Waals surface area contributed by atoms with Gasteiger partial charge in [0.15, 0.2) is 0 Å². The Morgan fingerprint density at radius 3 is 2.94 bits per heavy atom. The van der Waals surface area contributed by atoms with Gasteiger partial charge in [-0.25, -0.2) is 0 Å². The normalized spacial score (nSPS) is 20.5. The molecule has 0 aliphatic carbocycles. The van der Waals surface area contributed by atoms with E-state index in [4.69, 9.17) is 16.3 Å². The summed E-state index contributed by atoms with van der Waals surface area (Å²) in [6.07, 6.45) is 0. The molecule has 1 aromatic rings. The third kappa shape index (κ3) is 3.44. The van der Waals surface area contributed by atoms with Crippen molar-refractivity contribution >= 4 is 27.5 Å². The van der Waals surface area contributed by atoms with E-state index < -0.39 is 0 Å². The highest BCUT2D eigenvalue weighted by molar-refractivity contribution is 9.10. The molecule has 0 saturated carbocycles. The molecule has 0 atom stereocenters. The van der Waals surface area contributed by atoms with Crippen molar-refractivity contribution in [2.75, 3.05) is 19.7 Å². The number of benzene rings is 1. The van der Waals surface area contributed by atoms with Gasteiger partial charge in [0.25, 0.3) is 0 Å². The van der Waals surface area contributed by atoms with E-state index in [2.05, 4.69) is 40.7 Å². The first kappa shape index (κ1) is 13.3. The lowest BCUT2D eigenvalue weighted by atomic mass is 10.1. The molecule has 0 amide bonds. The summed E-state index contributed by atoms with van der Waals surface area (Å²) in [7, 11) is 0. The molecule has 2 nitrogen and oxygen atoms in total. The van der Waals surface area contributed by atoms with Gasteiger partial charge >= 0.3 is 0 Å². The number of halogens is 2. The van der Waals surface area contributed by atoms with Crippen molar-refractivity contribution in [2.45, 2.75) is 26.0 Å². The Hall–Kier alpha value is -0.0900. The van der Waals surface area contributed by atoms with Crippen LogP contribution in [0.15, 0.2) is 22.7 Å².